The summed E-state index contributed by atoms with van der Waals surface area (Å²) in [6, 6.07) is 4.93. The van der Waals surface area contributed by atoms with E-state index in [4.69, 9.17) is 0 Å². The van der Waals surface area contributed by atoms with Gasteiger partial charge in [0.1, 0.15) is 5.82 Å². The number of aliphatic hydroxyl groups is 1. The zero-order valence-corrected chi connectivity index (χ0v) is 13.5. The first kappa shape index (κ1) is 15.9. The molecule has 0 bridgehead atoms. The van der Waals surface area contributed by atoms with Gasteiger partial charge in [0.25, 0.3) is 0 Å². The molecule has 0 aliphatic heterocycles. The third kappa shape index (κ3) is 4.27. The molecule has 4 heteroatoms. The molecule has 1 aliphatic carbocycles. The monoisotopic (exact) mass is 343 g/mol. The van der Waals surface area contributed by atoms with Crippen molar-refractivity contribution in [2.24, 2.45) is 5.92 Å². The molecule has 1 fully saturated rings. The van der Waals surface area contributed by atoms with Gasteiger partial charge in [-0.25, -0.2) is 4.39 Å². The van der Waals surface area contributed by atoms with Crippen LogP contribution in [0, 0.1) is 11.7 Å². The van der Waals surface area contributed by atoms with Gasteiger partial charge in [0.2, 0.25) is 0 Å². The predicted octanol–water partition coefficient (Wildman–Crippen LogP) is 4.01. The summed E-state index contributed by atoms with van der Waals surface area (Å²) in [7, 11) is 0. The van der Waals surface area contributed by atoms with E-state index < -0.39 is 5.60 Å². The van der Waals surface area contributed by atoms with Crippen LogP contribution in [0.25, 0.3) is 0 Å². The minimum absolute atomic E-state index is 0.206. The molecule has 0 aromatic heterocycles. The van der Waals surface area contributed by atoms with Crippen LogP contribution >= 0.6 is 15.9 Å². The summed E-state index contributed by atoms with van der Waals surface area (Å²) in [6.07, 6.45) is 5.09. The molecule has 0 spiro atoms. The van der Waals surface area contributed by atoms with Gasteiger partial charge in [0.15, 0.2) is 0 Å². The number of hydrogen-bond acceptors (Lipinski definition) is 2. The summed E-state index contributed by atoms with van der Waals surface area (Å²) in [5, 5.41) is 13.7. The molecular formula is C16H23BrFNO. The molecule has 2 N–H and O–H groups in total. The van der Waals surface area contributed by atoms with Crippen molar-refractivity contribution < 1.29 is 9.50 Å². The standard InChI is InChI=1S/C16H23BrFNO/c1-2-12-5-7-16(20,8-6-12)11-19-10-13-9-14(17)3-4-15(13)18/h3-4,9,12,19-20H,2,5-8,10-11H2,1H3. The number of rotatable bonds is 5. The Morgan fingerprint density at radius 2 is 2.10 bits per heavy atom. The Kier molecular flexibility index (Phi) is 5.58. The third-order valence-corrected chi connectivity index (χ3v) is 4.88. The molecule has 20 heavy (non-hydrogen) atoms. The van der Waals surface area contributed by atoms with Crippen molar-refractivity contribution in [2.75, 3.05) is 6.54 Å². The van der Waals surface area contributed by atoms with Gasteiger partial charge < -0.3 is 10.4 Å². The lowest BCUT2D eigenvalue weighted by atomic mass is 9.78. The second-order valence-corrected chi connectivity index (χ2v) is 6.83. The van der Waals surface area contributed by atoms with Crippen molar-refractivity contribution in [2.45, 2.75) is 51.2 Å². The Hall–Kier alpha value is -0.450. The normalized spacial score (nSPS) is 26.7. The summed E-state index contributed by atoms with van der Waals surface area (Å²) in [5.74, 6) is 0.556. The first-order valence-electron chi connectivity index (χ1n) is 7.39. The topological polar surface area (TPSA) is 32.3 Å². The van der Waals surface area contributed by atoms with Gasteiger partial charge >= 0.3 is 0 Å². The maximum atomic E-state index is 13.6. The Morgan fingerprint density at radius 3 is 2.75 bits per heavy atom. The second kappa shape index (κ2) is 7.01. The van der Waals surface area contributed by atoms with E-state index in [1.807, 2.05) is 0 Å². The molecule has 0 amide bonds. The van der Waals surface area contributed by atoms with Crippen LogP contribution in [0.5, 0.6) is 0 Å². The van der Waals surface area contributed by atoms with E-state index in [1.165, 1.54) is 12.5 Å². The maximum absolute atomic E-state index is 13.6. The fraction of sp³-hybridized carbons (Fsp3) is 0.625. The van der Waals surface area contributed by atoms with Gasteiger partial charge in [-0.15, -0.1) is 0 Å². The fourth-order valence-corrected chi connectivity index (χ4v) is 3.32. The molecule has 2 rings (SSSR count). The van der Waals surface area contributed by atoms with Crippen LogP contribution < -0.4 is 5.32 Å². The van der Waals surface area contributed by atoms with E-state index in [1.54, 1.807) is 12.1 Å². The van der Waals surface area contributed by atoms with Crippen LogP contribution in [0.4, 0.5) is 4.39 Å². The molecule has 1 aromatic rings. The predicted molar refractivity (Wildman–Crippen MR) is 83.0 cm³/mol. The molecule has 112 valence electrons. The number of nitrogens with one attached hydrogen (secondary N) is 1. The number of hydrogen-bond donors (Lipinski definition) is 2. The number of benzene rings is 1. The minimum Gasteiger partial charge on any atom is -0.389 e. The molecule has 1 aromatic carbocycles. The highest BCUT2D eigenvalue weighted by molar-refractivity contribution is 9.10. The maximum Gasteiger partial charge on any atom is 0.127 e. The Bertz CT molecular complexity index is 444. The Labute approximate surface area is 128 Å². The number of halogens is 2. The molecule has 0 radical (unpaired) electrons. The molecule has 2 nitrogen and oxygen atoms in total. The SMILES string of the molecule is CCC1CCC(O)(CNCc2cc(Br)ccc2F)CC1. The first-order valence-corrected chi connectivity index (χ1v) is 8.19. The lowest BCUT2D eigenvalue weighted by Crippen LogP contribution is -2.43. The van der Waals surface area contributed by atoms with Crippen molar-refractivity contribution in [1.29, 1.82) is 0 Å². The van der Waals surface area contributed by atoms with Crippen molar-refractivity contribution in [3.05, 3.63) is 34.1 Å². The van der Waals surface area contributed by atoms with E-state index in [-0.39, 0.29) is 5.82 Å². The van der Waals surface area contributed by atoms with Crippen molar-refractivity contribution in [3.8, 4) is 0 Å². The second-order valence-electron chi connectivity index (χ2n) is 5.92. The molecule has 0 atom stereocenters. The van der Waals surface area contributed by atoms with Crippen molar-refractivity contribution in [1.82, 2.24) is 5.32 Å². The van der Waals surface area contributed by atoms with E-state index in [2.05, 4.69) is 28.2 Å². The van der Waals surface area contributed by atoms with Crippen LogP contribution in [0.2, 0.25) is 0 Å². The van der Waals surface area contributed by atoms with E-state index >= 15 is 0 Å². The molecular weight excluding hydrogens is 321 g/mol. The van der Waals surface area contributed by atoms with Gasteiger partial charge in [-0.1, -0.05) is 29.3 Å². The molecule has 0 saturated heterocycles. The highest BCUT2D eigenvalue weighted by atomic mass is 79.9. The largest absolute Gasteiger partial charge is 0.389 e. The van der Waals surface area contributed by atoms with Crippen LogP contribution in [0.1, 0.15) is 44.6 Å². The van der Waals surface area contributed by atoms with E-state index in [0.717, 1.165) is 36.1 Å². The van der Waals surface area contributed by atoms with Crippen LogP contribution in [-0.2, 0) is 6.54 Å². The van der Waals surface area contributed by atoms with Gasteiger partial charge in [-0.05, 0) is 49.8 Å². The fourth-order valence-electron chi connectivity index (χ4n) is 2.91. The third-order valence-electron chi connectivity index (χ3n) is 4.39. The van der Waals surface area contributed by atoms with Crippen molar-refractivity contribution >= 4 is 15.9 Å². The summed E-state index contributed by atoms with van der Waals surface area (Å²) in [5.41, 5.74) is 0.0129. The van der Waals surface area contributed by atoms with Crippen LogP contribution in [-0.4, -0.2) is 17.3 Å². The lowest BCUT2D eigenvalue weighted by Gasteiger charge is -2.36. The molecule has 1 aliphatic rings. The smallest absolute Gasteiger partial charge is 0.127 e. The molecule has 0 heterocycles. The summed E-state index contributed by atoms with van der Waals surface area (Å²) in [6.45, 7) is 3.20. The van der Waals surface area contributed by atoms with Crippen molar-refractivity contribution in [3.63, 3.8) is 0 Å². The molecule has 0 unspecified atom stereocenters. The van der Waals surface area contributed by atoms with Crippen LogP contribution in [0.3, 0.4) is 0 Å². The highest BCUT2D eigenvalue weighted by Gasteiger charge is 2.32. The Balaban J connectivity index is 1.82. The quantitative estimate of drug-likeness (QED) is 0.846. The Morgan fingerprint density at radius 1 is 1.40 bits per heavy atom. The van der Waals surface area contributed by atoms with Gasteiger partial charge in [0, 0.05) is 23.1 Å². The average molecular weight is 344 g/mol. The first-order chi connectivity index (χ1) is 9.52. The summed E-state index contributed by atoms with van der Waals surface area (Å²) < 4.78 is 14.5. The van der Waals surface area contributed by atoms with E-state index in [9.17, 15) is 9.50 Å². The lowest BCUT2D eigenvalue weighted by molar-refractivity contribution is -0.00885. The average Bonchev–Trinajstić information content (AvgIpc) is 2.43. The highest BCUT2D eigenvalue weighted by Crippen LogP contribution is 2.33. The summed E-state index contributed by atoms with van der Waals surface area (Å²) in [4.78, 5) is 0. The summed E-state index contributed by atoms with van der Waals surface area (Å²) >= 11 is 3.35. The minimum atomic E-state index is -0.617. The zero-order valence-electron chi connectivity index (χ0n) is 12.0. The van der Waals surface area contributed by atoms with Gasteiger partial charge in [0.05, 0.1) is 5.60 Å². The van der Waals surface area contributed by atoms with Crippen LogP contribution in [0.15, 0.2) is 22.7 Å². The zero-order chi connectivity index (χ0) is 14.6. The van der Waals surface area contributed by atoms with E-state index in [0.29, 0.717) is 18.7 Å². The van der Waals surface area contributed by atoms with Gasteiger partial charge in [-0.2, -0.15) is 0 Å². The van der Waals surface area contributed by atoms with Gasteiger partial charge in [-0.3, -0.25) is 0 Å². The molecule has 1 saturated carbocycles.